The fraction of sp³-hybridized carbons (Fsp3) is 0.130. The molecule has 9 heteroatoms. The molecular weight excluding hydrogens is 433 g/mol. The summed E-state index contributed by atoms with van der Waals surface area (Å²) in [6.45, 7) is 1.64. The molecule has 0 radical (unpaired) electrons. The van der Waals surface area contributed by atoms with E-state index in [1.807, 2.05) is 6.92 Å². The molecule has 3 rings (SSSR count). The molecule has 166 valence electrons. The largest absolute Gasteiger partial charge is 0.332 e. The van der Waals surface area contributed by atoms with Crippen molar-refractivity contribution in [2.75, 3.05) is 23.6 Å². The molecule has 0 spiro atoms. The third-order valence-electron chi connectivity index (χ3n) is 4.55. The first-order valence-electron chi connectivity index (χ1n) is 9.64. The minimum absolute atomic E-state index is 0.00104. The molecule has 0 aliphatic carbocycles. The Labute approximate surface area is 185 Å². The molecule has 2 amide bonds. The van der Waals surface area contributed by atoms with Crippen LogP contribution in [0.25, 0.3) is 0 Å². The second-order valence-corrected chi connectivity index (χ2v) is 8.90. The van der Waals surface area contributed by atoms with E-state index < -0.39 is 27.7 Å². The Bertz CT molecular complexity index is 1230. The van der Waals surface area contributed by atoms with Crippen LogP contribution in [0.1, 0.15) is 15.9 Å². The Morgan fingerprint density at radius 1 is 0.938 bits per heavy atom. The first-order chi connectivity index (χ1) is 15.1. The van der Waals surface area contributed by atoms with Gasteiger partial charge in [-0.1, -0.05) is 23.8 Å². The van der Waals surface area contributed by atoms with Crippen molar-refractivity contribution in [2.24, 2.45) is 0 Å². The highest BCUT2D eigenvalue weighted by Gasteiger charge is 2.18. The first kappa shape index (κ1) is 23.0. The van der Waals surface area contributed by atoms with Gasteiger partial charge in [0.25, 0.3) is 15.9 Å². The zero-order valence-electron chi connectivity index (χ0n) is 17.5. The number of benzene rings is 3. The number of halogens is 1. The van der Waals surface area contributed by atoms with Gasteiger partial charge in [0.05, 0.1) is 11.4 Å². The number of anilines is 2. The van der Waals surface area contributed by atoms with Gasteiger partial charge in [-0.25, -0.2) is 12.8 Å². The fourth-order valence-electron chi connectivity index (χ4n) is 2.89. The highest BCUT2D eigenvalue weighted by Crippen LogP contribution is 2.18. The fourth-order valence-corrected chi connectivity index (χ4v) is 3.95. The van der Waals surface area contributed by atoms with Gasteiger partial charge in [-0.3, -0.25) is 14.3 Å². The van der Waals surface area contributed by atoms with Crippen molar-refractivity contribution in [3.8, 4) is 0 Å². The zero-order valence-corrected chi connectivity index (χ0v) is 18.3. The summed E-state index contributed by atoms with van der Waals surface area (Å²) < 4.78 is 40.8. The average molecular weight is 456 g/mol. The van der Waals surface area contributed by atoms with Gasteiger partial charge in [0.1, 0.15) is 5.82 Å². The van der Waals surface area contributed by atoms with Crippen LogP contribution >= 0.6 is 0 Å². The maximum Gasteiger partial charge on any atom is 0.261 e. The molecule has 3 aromatic carbocycles. The lowest BCUT2D eigenvalue weighted by atomic mass is 10.2. The summed E-state index contributed by atoms with van der Waals surface area (Å²) >= 11 is 0. The second-order valence-electron chi connectivity index (χ2n) is 7.22. The summed E-state index contributed by atoms with van der Waals surface area (Å²) in [5, 5.41) is 2.52. The Balaban J connectivity index is 1.63. The molecule has 0 atom stereocenters. The number of amides is 2. The minimum Gasteiger partial charge on any atom is -0.332 e. The molecule has 0 saturated heterocycles. The monoisotopic (exact) mass is 455 g/mol. The lowest BCUT2D eigenvalue weighted by molar-refractivity contribution is -0.116. The minimum atomic E-state index is -3.82. The maximum absolute atomic E-state index is 13.2. The molecule has 0 saturated carbocycles. The van der Waals surface area contributed by atoms with Crippen molar-refractivity contribution in [3.63, 3.8) is 0 Å². The van der Waals surface area contributed by atoms with Crippen molar-refractivity contribution >= 4 is 33.2 Å². The Hall–Kier alpha value is -3.72. The van der Waals surface area contributed by atoms with Gasteiger partial charge in [-0.2, -0.15) is 0 Å². The van der Waals surface area contributed by atoms with Crippen LogP contribution in [0.2, 0.25) is 0 Å². The lowest BCUT2D eigenvalue weighted by Crippen LogP contribution is -2.35. The number of hydrogen-bond acceptors (Lipinski definition) is 4. The summed E-state index contributed by atoms with van der Waals surface area (Å²) in [6, 6.07) is 17.7. The Morgan fingerprint density at radius 2 is 1.59 bits per heavy atom. The number of nitrogens with one attached hydrogen (secondary N) is 2. The SMILES string of the molecule is Cc1ccc(NS(=O)(=O)c2ccc(C(=O)N(C)CC(=O)Nc3cccc(F)c3)cc2)cc1. The molecule has 0 aliphatic heterocycles. The van der Waals surface area contributed by atoms with E-state index >= 15 is 0 Å². The quantitative estimate of drug-likeness (QED) is 0.569. The zero-order chi connectivity index (χ0) is 23.3. The van der Waals surface area contributed by atoms with E-state index in [0.29, 0.717) is 5.69 Å². The number of nitrogens with zero attached hydrogens (tertiary/aromatic N) is 1. The molecule has 2 N–H and O–H groups in total. The lowest BCUT2D eigenvalue weighted by Gasteiger charge is -2.17. The molecule has 0 bridgehead atoms. The van der Waals surface area contributed by atoms with Gasteiger partial charge in [0.15, 0.2) is 0 Å². The molecular formula is C23H22FN3O4S. The number of sulfonamides is 1. The Kier molecular flexibility index (Phi) is 6.89. The van der Waals surface area contributed by atoms with Crippen LogP contribution in [-0.2, 0) is 14.8 Å². The van der Waals surface area contributed by atoms with Crippen molar-refractivity contribution < 1.29 is 22.4 Å². The van der Waals surface area contributed by atoms with Crippen molar-refractivity contribution in [1.82, 2.24) is 4.90 Å². The molecule has 0 fully saturated rings. The van der Waals surface area contributed by atoms with Crippen LogP contribution in [0, 0.1) is 12.7 Å². The number of rotatable bonds is 7. The van der Waals surface area contributed by atoms with Gasteiger partial charge in [-0.15, -0.1) is 0 Å². The van der Waals surface area contributed by atoms with Crippen LogP contribution in [0.5, 0.6) is 0 Å². The smallest absolute Gasteiger partial charge is 0.261 e. The van der Waals surface area contributed by atoms with Crippen molar-refractivity contribution in [1.29, 1.82) is 0 Å². The summed E-state index contributed by atoms with van der Waals surface area (Å²) in [6.07, 6.45) is 0. The number of carbonyl (C=O) groups excluding carboxylic acids is 2. The number of hydrogen-bond donors (Lipinski definition) is 2. The maximum atomic E-state index is 13.2. The van der Waals surface area contributed by atoms with E-state index in [0.717, 1.165) is 5.56 Å². The summed E-state index contributed by atoms with van der Waals surface area (Å²) in [5.41, 5.74) is 1.94. The molecule has 0 unspecified atom stereocenters. The number of likely N-dealkylation sites (N-methyl/N-ethyl adjacent to an activating group) is 1. The van der Waals surface area contributed by atoms with Crippen LogP contribution < -0.4 is 10.0 Å². The van der Waals surface area contributed by atoms with Crippen molar-refractivity contribution in [3.05, 3.63) is 89.7 Å². The molecule has 0 aliphatic rings. The molecule has 3 aromatic rings. The second kappa shape index (κ2) is 9.61. The Morgan fingerprint density at radius 3 is 2.22 bits per heavy atom. The van der Waals surface area contributed by atoms with E-state index in [2.05, 4.69) is 10.0 Å². The molecule has 0 heterocycles. The van der Waals surface area contributed by atoms with Gasteiger partial charge in [0.2, 0.25) is 5.91 Å². The van der Waals surface area contributed by atoms with Crippen molar-refractivity contribution in [2.45, 2.75) is 11.8 Å². The van der Waals surface area contributed by atoms with E-state index in [9.17, 15) is 22.4 Å². The topological polar surface area (TPSA) is 95.6 Å². The van der Waals surface area contributed by atoms with E-state index in [-0.39, 0.29) is 22.7 Å². The normalized spacial score (nSPS) is 11.0. The van der Waals surface area contributed by atoms with E-state index in [4.69, 9.17) is 0 Å². The predicted octanol–water partition coefficient (Wildman–Crippen LogP) is 3.65. The summed E-state index contributed by atoms with van der Waals surface area (Å²) in [7, 11) is -2.37. The summed E-state index contributed by atoms with van der Waals surface area (Å²) in [4.78, 5) is 25.9. The van der Waals surface area contributed by atoms with Crippen LogP contribution in [0.3, 0.4) is 0 Å². The van der Waals surface area contributed by atoms with Crippen LogP contribution in [0.4, 0.5) is 15.8 Å². The van der Waals surface area contributed by atoms with Gasteiger partial charge < -0.3 is 10.2 Å². The molecule has 0 aromatic heterocycles. The van der Waals surface area contributed by atoms with E-state index in [1.54, 1.807) is 24.3 Å². The molecule has 32 heavy (non-hydrogen) atoms. The highest BCUT2D eigenvalue weighted by atomic mass is 32.2. The third-order valence-corrected chi connectivity index (χ3v) is 5.95. The van der Waals surface area contributed by atoms with Gasteiger partial charge >= 0.3 is 0 Å². The standard InChI is InChI=1S/C23H22FN3O4S/c1-16-6-10-19(11-7-16)26-32(30,31)21-12-8-17(9-13-21)23(29)27(2)15-22(28)25-20-5-3-4-18(24)14-20/h3-14,26H,15H2,1-2H3,(H,25,28). The molecule has 7 nitrogen and oxygen atoms in total. The van der Waals surface area contributed by atoms with Gasteiger partial charge in [0, 0.05) is 24.0 Å². The van der Waals surface area contributed by atoms with Crippen LogP contribution in [0.15, 0.2) is 77.7 Å². The number of aryl methyl sites for hydroxylation is 1. The summed E-state index contributed by atoms with van der Waals surface area (Å²) in [5.74, 6) is -1.44. The van der Waals surface area contributed by atoms with Crippen LogP contribution in [-0.4, -0.2) is 38.7 Å². The van der Waals surface area contributed by atoms with Gasteiger partial charge in [-0.05, 0) is 61.5 Å². The average Bonchev–Trinajstić information content (AvgIpc) is 2.74. The first-order valence-corrected chi connectivity index (χ1v) is 11.1. The number of carbonyl (C=O) groups is 2. The highest BCUT2D eigenvalue weighted by molar-refractivity contribution is 7.92. The third kappa shape index (κ3) is 5.92. The predicted molar refractivity (Wildman–Crippen MR) is 120 cm³/mol. The van der Waals surface area contributed by atoms with E-state index in [1.165, 1.54) is 60.5 Å².